The number of aromatic nitrogens is 2. The third kappa shape index (κ3) is 7.08. The lowest BCUT2D eigenvalue weighted by Crippen LogP contribution is -2.39. The Morgan fingerprint density at radius 2 is 1.52 bits per heavy atom. The molecule has 0 aliphatic carbocycles. The van der Waals surface area contributed by atoms with Gasteiger partial charge in [-0.3, -0.25) is 24.5 Å². The second kappa shape index (κ2) is 14.9. The van der Waals surface area contributed by atoms with Crippen LogP contribution in [0.5, 0.6) is 0 Å². The molecule has 2 heterocycles. The molecule has 3 atom stereocenters. The summed E-state index contributed by atoms with van der Waals surface area (Å²) in [5.74, 6) is 0. The smallest absolute Gasteiger partial charge is 0.429 e. The summed E-state index contributed by atoms with van der Waals surface area (Å²) in [6.45, 7) is 0.953. The van der Waals surface area contributed by atoms with E-state index < -0.39 is 53.0 Å². The molecule has 1 fully saturated rings. The normalized spacial score (nSPS) is 17.3. The maximum atomic E-state index is 13.1. The molecule has 4 aromatic carbocycles. The number of nitrogens with one attached hydrogen (secondary N) is 1. The van der Waals surface area contributed by atoms with Crippen LogP contribution in [0.15, 0.2) is 125 Å². The van der Waals surface area contributed by atoms with E-state index in [1.807, 2.05) is 91.0 Å². The van der Waals surface area contributed by atoms with Crippen molar-refractivity contribution in [2.45, 2.75) is 44.0 Å². The Morgan fingerprint density at radius 3 is 2.08 bits per heavy atom. The quantitative estimate of drug-likeness (QED) is 0.0713. The molecule has 0 radical (unpaired) electrons. The third-order valence-corrected chi connectivity index (χ3v) is 8.79. The zero-order valence-corrected chi connectivity index (χ0v) is 27.5. The summed E-state index contributed by atoms with van der Waals surface area (Å²) in [5.41, 5.74) is 0.107. The van der Waals surface area contributed by atoms with Crippen molar-refractivity contribution in [2.75, 3.05) is 6.61 Å². The van der Waals surface area contributed by atoms with Crippen LogP contribution < -0.4 is 11.2 Å². The lowest BCUT2D eigenvalue weighted by atomic mass is 9.80. The minimum absolute atomic E-state index is 0.000834. The van der Waals surface area contributed by atoms with Crippen LogP contribution in [0.4, 0.5) is 10.5 Å². The van der Waals surface area contributed by atoms with Crippen LogP contribution in [0.2, 0.25) is 5.02 Å². The Morgan fingerprint density at radius 1 is 0.940 bits per heavy atom. The molecule has 1 aromatic heterocycles. The van der Waals surface area contributed by atoms with Crippen molar-refractivity contribution in [1.29, 1.82) is 0 Å². The summed E-state index contributed by atoms with van der Waals surface area (Å²) >= 11 is 6.01. The number of para-hydroxylation sites is 1. The average Bonchev–Trinajstić information content (AvgIpc) is 3.52. The van der Waals surface area contributed by atoms with Crippen LogP contribution in [0, 0.1) is 17.0 Å². The molecule has 0 bridgehead atoms. The van der Waals surface area contributed by atoms with Gasteiger partial charge in [-0.1, -0.05) is 109 Å². The van der Waals surface area contributed by atoms with E-state index in [1.165, 1.54) is 29.0 Å². The molecule has 1 aliphatic heterocycles. The minimum atomic E-state index is -1.13. The SMILES string of the molecule is Cc1cn([C@H]2C[C@@H](OC(=O)OCc3cccc(Cl)c3[N+](=O)[O-])[C@@H](COC(c3ccccc3)(c3ccccc3)c3ccccc3)O2)c(=O)[nH]c1=O. The second-order valence-electron chi connectivity index (χ2n) is 11.6. The molecule has 1 aliphatic rings. The Balaban J connectivity index is 1.32. The van der Waals surface area contributed by atoms with Crippen LogP contribution in [-0.2, 0) is 31.2 Å². The van der Waals surface area contributed by atoms with Gasteiger partial charge in [0.15, 0.2) is 0 Å². The molecular weight excluding hydrogens is 666 g/mol. The van der Waals surface area contributed by atoms with Crippen molar-refractivity contribution in [3.63, 3.8) is 0 Å². The van der Waals surface area contributed by atoms with Gasteiger partial charge in [-0.15, -0.1) is 0 Å². The molecule has 0 spiro atoms. The van der Waals surface area contributed by atoms with Crippen molar-refractivity contribution in [3.05, 3.63) is 179 Å². The van der Waals surface area contributed by atoms with E-state index in [4.69, 9.17) is 30.5 Å². The molecule has 5 aromatic rings. The van der Waals surface area contributed by atoms with E-state index in [9.17, 15) is 24.5 Å². The number of carbonyl (C=O) groups is 1. The number of aryl methyl sites for hydroxylation is 1. The van der Waals surface area contributed by atoms with E-state index in [0.29, 0.717) is 0 Å². The number of carbonyl (C=O) groups excluding carboxylic acids is 1. The summed E-state index contributed by atoms with van der Waals surface area (Å²) in [6.07, 6.45) is -2.61. The number of nitro groups is 1. The predicted molar refractivity (Wildman–Crippen MR) is 183 cm³/mol. The first-order valence-corrected chi connectivity index (χ1v) is 16.1. The van der Waals surface area contributed by atoms with Gasteiger partial charge in [-0.2, -0.15) is 0 Å². The molecule has 0 amide bonds. The van der Waals surface area contributed by atoms with Gasteiger partial charge >= 0.3 is 11.8 Å². The molecule has 1 saturated heterocycles. The Labute approximate surface area is 290 Å². The number of ether oxygens (including phenoxy) is 4. The zero-order chi connectivity index (χ0) is 35.3. The number of rotatable bonds is 11. The topological polar surface area (TPSA) is 152 Å². The van der Waals surface area contributed by atoms with Crippen molar-refractivity contribution in [1.82, 2.24) is 9.55 Å². The van der Waals surface area contributed by atoms with Crippen molar-refractivity contribution >= 4 is 23.4 Å². The summed E-state index contributed by atoms with van der Waals surface area (Å²) in [5, 5.41) is 11.5. The summed E-state index contributed by atoms with van der Waals surface area (Å²) in [4.78, 5) is 51.3. The van der Waals surface area contributed by atoms with Gasteiger partial charge in [0.1, 0.15) is 35.7 Å². The number of H-pyrrole nitrogens is 1. The van der Waals surface area contributed by atoms with Crippen LogP contribution in [0.1, 0.15) is 40.5 Å². The molecule has 6 rings (SSSR count). The van der Waals surface area contributed by atoms with Crippen LogP contribution in [0.3, 0.4) is 0 Å². The molecule has 1 N–H and O–H groups in total. The van der Waals surface area contributed by atoms with Crippen molar-refractivity contribution in [2.24, 2.45) is 0 Å². The van der Waals surface area contributed by atoms with Crippen LogP contribution in [0.25, 0.3) is 0 Å². The number of hydrogen-bond acceptors (Lipinski definition) is 9. The highest BCUT2D eigenvalue weighted by Crippen LogP contribution is 2.42. The first-order chi connectivity index (χ1) is 24.2. The van der Waals surface area contributed by atoms with Crippen LogP contribution >= 0.6 is 11.6 Å². The van der Waals surface area contributed by atoms with Gasteiger partial charge in [0.05, 0.1) is 17.1 Å². The fraction of sp³-hybridized carbons (Fsp3) is 0.216. The average molecular weight is 698 g/mol. The van der Waals surface area contributed by atoms with Gasteiger partial charge in [0, 0.05) is 18.2 Å². The minimum Gasteiger partial charge on any atom is -0.429 e. The monoisotopic (exact) mass is 697 g/mol. The third-order valence-electron chi connectivity index (χ3n) is 8.49. The second-order valence-corrected chi connectivity index (χ2v) is 12.0. The largest absolute Gasteiger partial charge is 0.508 e. The fourth-order valence-electron chi connectivity index (χ4n) is 6.10. The number of hydrogen-bond donors (Lipinski definition) is 1. The Hall–Kier alpha value is -5.56. The number of halogens is 1. The van der Waals surface area contributed by atoms with Crippen molar-refractivity contribution in [3.8, 4) is 0 Å². The Kier molecular flexibility index (Phi) is 10.2. The van der Waals surface area contributed by atoms with E-state index in [2.05, 4.69) is 4.98 Å². The summed E-state index contributed by atoms with van der Waals surface area (Å²) in [6, 6.07) is 33.3. The summed E-state index contributed by atoms with van der Waals surface area (Å²) < 4.78 is 25.6. The summed E-state index contributed by atoms with van der Waals surface area (Å²) in [7, 11) is 0. The highest BCUT2D eigenvalue weighted by atomic mass is 35.5. The number of aromatic amines is 1. The van der Waals surface area contributed by atoms with Gasteiger partial charge < -0.3 is 18.9 Å². The van der Waals surface area contributed by atoms with E-state index in [0.717, 1.165) is 16.7 Å². The maximum absolute atomic E-state index is 13.1. The molecule has 12 nitrogen and oxygen atoms in total. The highest BCUT2D eigenvalue weighted by molar-refractivity contribution is 6.32. The van der Waals surface area contributed by atoms with Gasteiger partial charge in [-0.05, 0) is 35.7 Å². The maximum Gasteiger partial charge on any atom is 0.508 e. The fourth-order valence-corrected chi connectivity index (χ4v) is 6.36. The first kappa shape index (κ1) is 34.3. The van der Waals surface area contributed by atoms with Crippen molar-refractivity contribution < 1.29 is 28.7 Å². The number of nitro benzene ring substituents is 1. The number of nitrogens with zero attached hydrogens (tertiary/aromatic N) is 2. The molecular formula is C37H32ClN3O9. The predicted octanol–water partition coefficient (Wildman–Crippen LogP) is 6.42. The van der Waals surface area contributed by atoms with Gasteiger partial charge in [0.2, 0.25) is 0 Å². The van der Waals surface area contributed by atoms with E-state index >= 15 is 0 Å². The molecule has 50 heavy (non-hydrogen) atoms. The molecule has 256 valence electrons. The standard InChI is InChI=1S/C37H32ClN3O9/c1-24-21-40(35(43)39-34(24)42)32-20-30(50-36(44)47-22-25-12-11-19-29(38)33(25)41(45)46)31(49-32)23-48-37(26-13-5-2-6-14-26,27-15-7-3-8-16-27)28-17-9-4-10-18-28/h2-19,21,30-32H,20,22-23H2,1H3,(H,39,42,43)/t30-,31-,32-/m1/s1. The number of benzene rings is 4. The lowest BCUT2D eigenvalue weighted by Gasteiger charge is -2.37. The van der Waals surface area contributed by atoms with E-state index in [1.54, 1.807) is 6.92 Å². The zero-order valence-electron chi connectivity index (χ0n) is 26.8. The van der Waals surface area contributed by atoms with E-state index in [-0.39, 0.29) is 34.9 Å². The Bertz CT molecular complexity index is 1990. The molecule has 0 saturated carbocycles. The van der Waals surface area contributed by atoms with Crippen LogP contribution in [-0.4, -0.2) is 39.4 Å². The van der Waals surface area contributed by atoms with Gasteiger partial charge in [-0.25, -0.2) is 9.59 Å². The van der Waals surface area contributed by atoms with Gasteiger partial charge in [0.25, 0.3) is 11.2 Å². The first-order valence-electron chi connectivity index (χ1n) is 15.7. The lowest BCUT2D eigenvalue weighted by molar-refractivity contribution is -0.385. The molecule has 0 unspecified atom stereocenters. The molecule has 13 heteroatoms. The highest BCUT2D eigenvalue weighted by Gasteiger charge is 2.44.